The van der Waals surface area contributed by atoms with Crippen LogP contribution >= 0.6 is 0 Å². The van der Waals surface area contributed by atoms with E-state index in [9.17, 15) is 9.59 Å². The molecule has 0 aliphatic carbocycles. The molecule has 148 valence electrons. The molecule has 0 bridgehead atoms. The van der Waals surface area contributed by atoms with Crippen molar-refractivity contribution in [1.29, 1.82) is 0 Å². The maximum absolute atomic E-state index is 12.7. The third kappa shape index (κ3) is 4.95. The Labute approximate surface area is 166 Å². The molecule has 2 aromatic rings. The van der Waals surface area contributed by atoms with Crippen LogP contribution in [-0.4, -0.2) is 77.8 Å². The van der Waals surface area contributed by atoms with Gasteiger partial charge in [0, 0.05) is 63.3 Å². The van der Waals surface area contributed by atoms with Gasteiger partial charge < -0.3 is 14.7 Å². The van der Waals surface area contributed by atoms with Gasteiger partial charge in [-0.05, 0) is 54.9 Å². The normalized spacial score (nSPS) is 14.7. The van der Waals surface area contributed by atoms with Crippen LogP contribution in [0.5, 0.6) is 0 Å². The van der Waals surface area contributed by atoms with Crippen LogP contribution in [0.4, 0.5) is 0 Å². The summed E-state index contributed by atoms with van der Waals surface area (Å²) in [4.78, 5) is 35.3. The first-order valence-corrected chi connectivity index (χ1v) is 9.84. The summed E-state index contributed by atoms with van der Waals surface area (Å²) in [6.45, 7) is 7.14. The molecule has 0 radical (unpaired) electrons. The zero-order valence-corrected chi connectivity index (χ0v) is 16.7. The molecular formula is C22H28N4O2. The average Bonchev–Trinajstić information content (AvgIpc) is 2.77. The number of aromatic nitrogens is 1. The largest absolute Gasteiger partial charge is 0.341 e. The van der Waals surface area contributed by atoms with Crippen LogP contribution in [0.1, 0.15) is 33.2 Å². The number of hydrogen-bond donors (Lipinski definition) is 0. The summed E-state index contributed by atoms with van der Waals surface area (Å²) < 4.78 is 0. The van der Waals surface area contributed by atoms with E-state index < -0.39 is 0 Å². The summed E-state index contributed by atoms with van der Waals surface area (Å²) in [5, 5.41) is 0. The zero-order valence-electron chi connectivity index (χ0n) is 16.7. The number of amides is 2. The summed E-state index contributed by atoms with van der Waals surface area (Å²) >= 11 is 0. The number of nitrogens with zero attached hydrogens (tertiary/aromatic N) is 4. The Bertz CT molecular complexity index is 784. The fraction of sp³-hybridized carbons (Fsp3) is 0.409. The van der Waals surface area contributed by atoms with E-state index in [4.69, 9.17) is 0 Å². The van der Waals surface area contributed by atoms with Gasteiger partial charge in [-0.25, -0.2) is 0 Å². The minimum atomic E-state index is -0.0374. The quantitative estimate of drug-likeness (QED) is 0.771. The van der Waals surface area contributed by atoms with Crippen LogP contribution < -0.4 is 0 Å². The maximum Gasteiger partial charge on any atom is 0.253 e. The van der Waals surface area contributed by atoms with Crippen LogP contribution in [0.25, 0.3) is 0 Å². The van der Waals surface area contributed by atoms with Gasteiger partial charge in [0.05, 0.1) is 0 Å². The molecule has 0 saturated carbocycles. The van der Waals surface area contributed by atoms with Crippen molar-refractivity contribution in [1.82, 2.24) is 19.7 Å². The van der Waals surface area contributed by atoms with E-state index >= 15 is 0 Å². The summed E-state index contributed by atoms with van der Waals surface area (Å²) in [6.07, 6.45) is 4.30. The third-order valence-corrected chi connectivity index (χ3v) is 5.32. The first kappa shape index (κ1) is 20.0. The predicted octanol–water partition coefficient (Wildman–Crippen LogP) is 2.17. The molecule has 0 unspecified atom stereocenters. The lowest BCUT2D eigenvalue weighted by Crippen LogP contribution is -2.48. The Hall–Kier alpha value is -2.73. The number of hydrogen-bond acceptors (Lipinski definition) is 4. The summed E-state index contributed by atoms with van der Waals surface area (Å²) in [5.74, 6) is 0.00501. The molecule has 1 aliphatic heterocycles. The minimum absolute atomic E-state index is 0.0374. The van der Waals surface area contributed by atoms with Crippen molar-refractivity contribution >= 4 is 11.8 Å². The van der Waals surface area contributed by atoms with Crippen LogP contribution in [0.15, 0.2) is 48.8 Å². The second-order valence-corrected chi connectivity index (χ2v) is 7.14. The second kappa shape index (κ2) is 9.46. The first-order chi connectivity index (χ1) is 13.6. The van der Waals surface area contributed by atoms with E-state index in [0.717, 1.165) is 44.7 Å². The highest BCUT2D eigenvalue weighted by atomic mass is 16.2. The number of pyridine rings is 1. The predicted molar refractivity (Wildman–Crippen MR) is 109 cm³/mol. The lowest BCUT2D eigenvalue weighted by Gasteiger charge is -2.34. The van der Waals surface area contributed by atoms with Crippen LogP contribution in [0.2, 0.25) is 0 Å². The van der Waals surface area contributed by atoms with E-state index in [1.807, 2.05) is 17.0 Å². The van der Waals surface area contributed by atoms with Gasteiger partial charge in [-0.1, -0.05) is 6.92 Å². The zero-order chi connectivity index (χ0) is 19.9. The Morgan fingerprint density at radius 3 is 2.18 bits per heavy atom. The lowest BCUT2D eigenvalue weighted by molar-refractivity contribution is 0.0642. The molecule has 0 atom stereocenters. The van der Waals surface area contributed by atoms with Gasteiger partial charge in [-0.2, -0.15) is 0 Å². The highest BCUT2D eigenvalue weighted by molar-refractivity contribution is 5.97. The molecule has 2 heterocycles. The maximum atomic E-state index is 12.7. The SMILES string of the molecule is CCN1CCN(C(=O)c2ccc(C(=O)N(C)CCc3ccncc3)cc2)CC1. The molecule has 1 saturated heterocycles. The standard InChI is InChI=1S/C22H28N4O2/c1-3-25-14-16-26(17-15-25)22(28)20-6-4-19(5-7-20)21(27)24(2)13-10-18-8-11-23-12-9-18/h4-9,11-12H,3,10,13-17H2,1-2H3. The van der Waals surface area contributed by atoms with Crippen molar-refractivity contribution in [2.45, 2.75) is 13.3 Å². The Balaban J connectivity index is 1.55. The number of benzene rings is 1. The second-order valence-electron chi connectivity index (χ2n) is 7.14. The highest BCUT2D eigenvalue weighted by Gasteiger charge is 2.21. The van der Waals surface area contributed by atoms with Gasteiger partial charge in [0.15, 0.2) is 0 Å². The topological polar surface area (TPSA) is 56.8 Å². The van der Waals surface area contributed by atoms with Gasteiger partial charge in [-0.3, -0.25) is 14.6 Å². The van der Waals surface area contributed by atoms with E-state index in [1.165, 1.54) is 0 Å². The van der Waals surface area contributed by atoms with Crippen molar-refractivity contribution in [3.05, 3.63) is 65.5 Å². The van der Waals surface area contributed by atoms with Crippen LogP contribution in [0, 0.1) is 0 Å². The number of rotatable bonds is 6. The number of carbonyl (C=O) groups excluding carboxylic acids is 2. The molecule has 1 aliphatic rings. The van der Waals surface area contributed by atoms with E-state index in [-0.39, 0.29) is 11.8 Å². The van der Waals surface area contributed by atoms with Gasteiger partial charge in [0.2, 0.25) is 0 Å². The fourth-order valence-electron chi connectivity index (χ4n) is 3.37. The van der Waals surface area contributed by atoms with Gasteiger partial charge in [0.25, 0.3) is 11.8 Å². The molecule has 0 spiro atoms. The summed E-state index contributed by atoms with van der Waals surface area (Å²) in [7, 11) is 1.80. The van der Waals surface area contributed by atoms with Crippen molar-refractivity contribution in [3.8, 4) is 0 Å². The van der Waals surface area contributed by atoms with Crippen molar-refractivity contribution in [2.75, 3.05) is 46.3 Å². The number of likely N-dealkylation sites (N-methyl/N-ethyl adjacent to an activating group) is 2. The molecule has 6 nitrogen and oxygen atoms in total. The Morgan fingerprint density at radius 2 is 1.57 bits per heavy atom. The average molecular weight is 380 g/mol. The molecule has 0 N–H and O–H groups in total. The summed E-state index contributed by atoms with van der Waals surface area (Å²) in [5.41, 5.74) is 2.39. The number of carbonyl (C=O) groups is 2. The highest BCUT2D eigenvalue weighted by Crippen LogP contribution is 2.12. The van der Waals surface area contributed by atoms with E-state index in [2.05, 4.69) is 16.8 Å². The van der Waals surface area contributed by atoms with Crippen molar-refractivity contribution < 1.29 is 9.59 Å². The van der Waals surface area contributed by atoms with Crippen molar-refractivity contribution in [2.24, 2.45) is 0 Å². The van der Waals surface area contributed by atoms with Gasteiger partial charge in [0.1, 0.15) is 0 Å². The van der Waals surface area contributed by atoms with Gasteiger partial charge in [-0.15, -0.1) is 0 Å². The van der Waals surface area contributed by atoms with E-state index in [0.29, 0.717) is 17.7 Å². The third-order valence-electron chi connectivity index (χ3n) is 5.32. The van der Waals surface area contributed by atoms with Crippen LogP contribution in [0.3, 0.4) is 0 Å². The fourth-order valence-corrected chi connectivity index (χ4v) is 3.37. The molecule has 3 rings (SSSR count). The number of piperazine rings is 1. The molecule has 1 aromatic heterocycles. The Kier molecular flexibility index (Phi) is 6.76. The molecule has 1 fully saturated rings. The lowest BCUT2D eigenvalue weighted by atomic mass is 10.1. The van der Waals surface area contributed by atoms with Crippen LogP contribution in [-0.2, 0) is 6.42 Å². The minimum Gasteiger partial charge on any atom is -0.341 e. The molecule has 2 amide bonds. The molecule has 1 aromatic carbocycles. The van der Waals surface area contributed by atoms with Crippen molar-refractivity contribution in [3.63, 3.8) is 0 Å². The molecule has 6 heteroatoms. The van der Waals surface area contributed by atoms with E-state index in [1.54, 1.807) is 48.6 Å². The van der Waals surface area contributed by atoms with Gasteiger partial charge >= 0.3 is 0 Å². The Morgan fingerprint density at radius 1 is 0.964 bits per heavy atom. The molecular weight excluding hydrogens is 352 g/mol. The smallest absolute Gasteiger partial charge is 0.253 e. The molecule has 28 heavy (non-hydrogen) atoms. The summed E-state index contributed by atoms with van der Waals surface area (Å²) in [6, 6.07) is 10.9. The first-order valence-electron chi connectivity index (χ1n) is 9.84. The monoisotopic (exact) mass is 380 g/mol.